The molecule has 2 aromatic rings. The van der Waals surface area contributed by atoms with Crippen molar-refractivity contribution in [2.24, 2.45) is 0 Å². The molecule has 3 heterocycles. The molecule has 4 rings (SSSR count). The van der Waals surface area contributed by atoms with E-state index in [1.54, 1.807) is 0 Å². The topological polar surface area (TPSA) is 93.4 Å². The number of nitrogens with two attached hydrogens (primary N) is 1. The molecule has 1 aromatic heterocycles. The fraction of sp³-hybridized carbons (Fsp3) is 0.476. The quantitative estimate of drug-likeness (QED) is 0.825. The number of piperidine rings is 1. The number of rotatable bonds is 5. The van der Waals surface area contributed by atoms with Gasteiger partial charge in [0, 0.05) is 30.9 Å². The first kappa shape index (κ1) is 18.7. The van der Waals surface area contributed by atoms with E-state index < -0.39 is 0 Å². The van der Waals surface area contributed by atoms with Gasteiger partial charge in [0.1, 0.15) is 5.56 Å². The molecule has 1 aromatic carbocycles. The molecular weight excluding hydrogens is 354 g/mol. The Bertz CT molecular complexity index is 840. The summed E-state index contributed by atoms with van der Waals surface area (Å²) < 4.78 is 5.18. The van der Waals surface area contributed by atoms with Crippen molar-refractivity contribution in [3.8, 4) is 5.88 Å². The highest BCUT2D eigenvalue weighted by Crippen LogP contribution is 2.37. The van der Waals surface area contributed by atoms with Gasteiger partial charge in [-0.2, -0.15) is 4.98 Å². The second kappa shape index (κ2) is 7.75. The van der Waals surface area contributed by atoms with Crippen LogP contribution in [0, 0.1) is 6.92 Å². The molecular formula is C21H27N5O2. The Morgan fingerprint density at radius 1 is 1.25 bits per heavy atom. The van der Waals surface area contributed by atoms with Crippen LogP contribution in [0.25, 0.3) is 0 Å². The number of hydrogen-bond donors (Lipinski definition) is 2. The summed E-state index contributed by atoms with van der Waals surface area (Å²) >= 11 is 0. The number of aryl methyl sites for hydroxylation is 1. The van der Waals surface area contributed by atoms with Gasteiger partial charge in [-0.15, -0.1) is 0 Å². The fourth-order valence-electron chi connectivity index (χ4n) is 4.51. The number of benzene rings is 1. The maximum Gasteiger partial charge on any atom is 0.258 e. The van der Waals surface area contributed by atoms with Crippen LogP contribution in [0.3, 0.4) is 0 Å². The monoisotopic (exact) mass is 381 g/mol. The van der Waals surface area contributed by atoms with E-state index in [0.717, 1.165) is 19.4 Å². The predicted molar refractivity (Wildman–Crippen MR) is 107 cm³/mol. The normalized spacial score (nSPS) is 24.1. The molecule has 0 saturated carbocycles. The summed E-state index contributed by atoms with van der Waals surface area (Å²) in [6, 6.07) is 9.95. The first-order valence-corrected chi connectivity index (χ1v) is 9.82. The van der Waals surface area contributed by atoms with Gasteiger partial charge in [0.05, 0.1) is 7.11 Å². The number of methoxy groups -OCH3 is 1. The van der Waals surface area contributed by atoms with Crippen molar-refractivity contribution in [1.29, 1.82) is 0 Å². The second-order valence-electron chi connectivity index (χ2n) is 7.84. The van der Waals surface area contributed by atoms with Crippen LogP contribution in [0.2, 0.25) is 0 Å². The summed E-state index contributed by atoms with van der Waals surface area (Å²) in [6.45, 7) is 3.10. The molecule has 1 unspecified atom stereocenters. The van der Waals surface area contributed by atoms with Crippen molar-refractivity contribution in [2.45, 2.75) is 57.3 Å². The van der Waals surface area contributed by atoms with Crippen molar-refractivity contribution in [3.63, 3.8) is 0 Å². The van der Waals surface area contributed by atoms with Crippen molar-refractivity contribution in [1.82, 2.24) is 20.2 Å². The van der Waals surface area contributed by atoms with E-state index >= 15 is 0 Å². The summed E-state index contributed by atoms with van der Waals surface area (Å²) in [4.78, 5) is 23.2. The van der Waals surface area contributed by atoms with E-state index in [2.05, 4.69) is 51.4 Å². The van der Waals surface area contributed by atoms with Crippen LogP contribution in [0.5, 0.6) is 5.88 Å². The molecule has 7 nitrogen and oxygen atoms in total. The lowest BCUT2D eigenvalue weighted by Crippen LogP contribution is -2.50. The Kier molecular flexibility index (Phi) is 5.17. The minimum atomic E-state index is -0.201. The van der Waals surface area contributed by atoms with Gasteiger partial charge >= 0.3 is 0 Å². The second-order valence-corrected chi connectivity index (χ2v) is 7.84. The zero-order valence-electron chi connectivity index (χ0n) is 16.4. The number of carbonyl (C=O) groups excluding carboxylic acids is 1. The predicted octanol–water partition coefficient (Wildman–Crippen LogP) is 2.30. The highest BCUT2D eigenvalue weighted by Gasteiger charge is 2.41. The lowest BCUT2D eigenvalue weighted by atomic mass is 9.96. The van der Waals surface area contributed by atoms with Gasteiger partial charge in [-0.25, -0.2) is 4.98 Å². The third kappa shape index (κ3) is 3.80. The lowest BCUT2D eigenvalue weighted by molar-refractivity contribution is 0.0824. The molecule has 1 amide bonds. The maximum atomic E-state index is 12.7. The number of nitrogens with zero attached hydrogens (tertiary/aromatic N) is 3. The van der Waals surface area contributed by atoms with Crippen LogP contribution in [-0.4, -0.2) is 46.0 Å². The van der Waals surface area contributed by atoms with Gasteiger partial charge in [-0.3, -0.25) is 9.69 Å². The summed E-state index contributed by atoms with van der Waals surface area (Å²) in [6.07, 6.45) is 5.74. The Hall–Kier alpha value is -2.67. The average molecular weight is 381 g/mol. The van der Waals surface area contributed by atoms with Gasteiger partial charge in [-0.1, -0.05) is 29.8 Å². The van der Waals surface area contributed by atoms with E-state index in [1.807, 2.05) is 0 Å². The molecule has 3 N–H and O–H groups in total. The van der Waals surface area contributed by atoms with E-state index in [1.165, 1.54) is 37.3 Å². The van der Waals surface area contributed by atoms with Gasteiger partial charge in [-0.05, 0) is 38.2 Å². The molecule has 2 aliphatic rings. The van der Waals surface area contributed by atoms with Crippen LogP contribution >= 0.6 is 0 Å². The van der Waals surface area contributed by atoms with E-state index in [-0.39, 0.29) is 23.8 Å². The molecule has 2 fully saturated rings. The maximum absolute atomic E-state index is 12.7. The number of ether oxygens (including phenoxy) is 1. The molecule has 0 spiro atoms. The van der Waals surface area contributed by atoms with Crippen LogP contribution in [0.15, 0.2) is 30.5 Å². The van der Waals surface area contributed by atoms with Crippen molar-refractivity contribution < 1.29 is 9.53 Å². The van der Waals surface area contributed by atoms with Gasteiger partial charge in [0.15, 0.2) is 0 Å². The number of fused-ring (bicyclic) bond motifs is 2. The third-order valence-corrected chi connectivity index (χ3v) is 5.92. The van der Waals surface area contributed by atoms with Crippen molar-refractivity contribution >= 4 is 11.9 Å². The number of carbonyl (C=O) groups is 1. The molecule has 0 radical (unpaired) electrons. The number of amides is 1. The van der Waals surface area contributed by atoms with Crippen LogP contribution in [0.4, 0.5) is 5.95 Å². The summed E-state index contributed by atoms with van der Waals surface area (Å²) in [5.74, 6) is 0.105. The first-order valence-electron chi connectivity index (χ1n) is 9.82. The van der Waals surface area contributed by atoms with Gasteiger partial charge in [0.2, 0.25) is 11.8 Å². The van der Waals surface area contributed by atoms with E-state index in [9.17, 15) is 4.79 Å². The lowest BCUT2D eigenvalue weighted by Gasteiger charge is -2.39. The minimum absolute atomic E-state index is 0.0934. The third-order valence-electron chi connectivity index (χ3n) is 5.92. The standard InChI is InChI=1S/C21H27N5O2/c1-13-3-5-14(6-4-13)12-26-16-7-8-17(26)10-15(9-16)24-19(27)18-11-23-21(22)25-20(18)28-2/h3-6,11,15-17H,7-10,12H2,1-2H3,(H,24,27)(H2,22,23,25)/t15?,16-,17+. The Labute approximate surface area is 165 Å². The number of aromatic nitrogens is 2. The van der Waals surface area contributed by atoms with Crippen molar-refractivity contribution in [3.05, 3.63) is 47.2 Å². The van der Waals surface area contributed by atoms with E-state index in [0.29, 0.717) is 17.6 Å². The van der Waals surface area contributed by atoms with Gasteiger partial charge in [0.25, 0.3) is 5.91 Å². The molecule has 2 saturated heterocycles. The zero-order chi connectivity index (χ0) is 19.7. The highest BCUT2D eigenvalue weighted by molar-refractivity contribution is 5.96. The number of anilines is 1. The number of nitrogen functional groups attached to an aromatic ring is 1. The fourth-order valence-corrected chi connectivity index (χ4v) is 4.51. The molecule has 0 aliphatic carbocycles. The molecule has 28 heavy (non-hydrogen) atoms. The Morgan fingerprint density at radius 3 is 2.57 bits per heavy atom. The summed E-state index contributed by atoms with van der Waals surface area (Å²) in [7, 11) is 1.47. The molecule has 7 heteroatoms. The van der Waals surface area contributed by atoms with Gasteiger partial charge < -0.3 is 15.8 Å². The van der Waals surface area contributed by atoms with Crippen LogP contribution < -0.4 is 15.8 Å². The molecule has 3 atom stereocenters. The zero-order valence-corrected chi connectivity index (χ0v) is 16.4. The largest absolute Gasteiger partial charge is 0.480 e. The van der Waals surface area contributed by atoms with Crippen LogP contribution in [0.1, 0.15) is 47.2 Å². The first-order chi connectivity index (χ1) is 13.5. The molecule has 148 valence electrons. The summed E-state index contributed by atoms with van der Waals surface area (Å²) in [5.41, 5.74) is 8.55. The summed E-state index contributed by atoms with van der Waals surface area (Å²) in [5, 5.41) is 3.16. The number of nitrogens with one attached hydrogen (secondary N) is 1. The number of hydrogen-bond acceptors (Lipinski definition) is 6. The van der Waals surface area contributed by atoms with Crippen molar-refractivity contribution in [2.75, 3.05) is 12.8 Å². The van der Waals surface area contributed by atoms with E-state index in [4.69, 9.17) is 10.5 Å². The highest BCUT2D eigenvalue weighted by atomic mass is 16.5. The molecule has 2 bridgehead atoms. The Balaban J connectivity index is 1.40. The smallest absolute Gasteiger partial charge is 0.258 e. The SMILES string of the molecule is COc1nc(N)ncc1C(=O)NC1C[C@H]2CC[C@@H](C1)N2Cc1ccc(C)cc1. The average Bonchev–Trinajstić information content (AvgIpc) is 2.91. The molecule has 2 aliphatic heterocycles. The minimum Gasteiger partial charge on any atom is -0.480 e. The Morgan fingerprint density at radius 2 is 1.93 bits per heavy atom. The van der Waals surface area contributed by atoms with Crippen LogP contribution in [-0.2, 0) is 6.54 Å².